The van der Waals surface area contributed by atoms with Gasteiger partial charge >= 0.3 is 0 Å². The lowest BCUT2D eigenvalue weighted by molar-refractivity contribution is 0.943. The molecule has 2 aromatic heterocycles. The van der Waals surface area contributed by atoms with Gasteiger partial charge in [0.2, 0.25) is 0 Å². The summed E-state index contributed by atoms with van der Waals surface area (Å²) in [5.41, 5.74) is 1.75. The van der Waals surface area contributed by atoms with E-state index < -0.39 is 0 Å². The van der Waals surface area contributed by atoms with Gasteiger partial charge in [-0.3, -0.25) is 9.78 Å². The summed E-state index contributed by atoms with van der Waals surface area (Å²) < 4.78 is 14.6. The molecule has 0 bridgehead atoms. The van der Waals surface area contributed by atoms with Crippen LogP contribution in [0.4, 0.5) is 9.57 Å². The van der Waals surface area contributed by atoms with Crippen LogP contribution in [0.5, 0.6) is 0 Å². The van der Waals surface area contributed by atoms with Crippen LogP contribution in [0.3, 0.4) is 0 Å². The van der Waals surface area contributed by atoms with Crippen LogP contribution in [0.1, 0.15) is 0 Å². The van der Waals surface area contributed by atoms with E-state index in [4.69, 9.17) is 0 Å². The lowest BCUT2D eigenvalue weighted by Gasteiger charge is -2.04. The Hall–Kier alpha value is -2.08. The van der Waals surface area contributed by atoms with Gasteiger partial charge < -0.3 is 9.71 Å². The highest BCUT2D eigenvalue weighted by atomic mass is 32.2. The molecule has 3 aromatic rings. The van der Waals surface area contributed by atoms with E-state index in [1.807, 2.05) is 0 Å². The van der Waals surface area contributed by atoms with Gasteiger partial charge in [0.15, 0.2) is 12.3 Å². The molecule has 6 heteroatoms. The number of aromatic amines is 1. The van der Waals surface area contributed by atoms with Crippen molar-refractivity contribution in [3.8, 4) is 0 Å². The quantitative estimate of drug-likeness (QED) is 0.550. The Labute approximate surface area is 106 Å². The molecule has 2 heterocycles. The van der Waals surface area contributed by atoms with E-state index in [-0.39, 0.29) is 17.9 Å². The van der Waals surface area contributed by atoms with Gasteiger partial charge in [0.25, 0.3) is 5.56 Å². The number of fused-ring (bicyclic) bond motifs is 3. The molecule has 0 radical (unpaired) electrons. The number of aromatic nitrogens is 2. The maximum absolute atomic E-state index is 12.1. The van der Waals surface area contributed by atoms with Crippen molar-refractivity contribution in [3.05, 3.63) is 46.9 Å². The number of H-pyrrole nitrogens is 1. The minimum atomic E-state index is -0.210. The second kappa shape index (κ2) is 4.30. The third-order valence-corrected chi connectivity index (χ3v) is 3.04. The van der Waals surface area contributed by atoms with Gasteiger partial charge in [-0.1, -0.05) is 0 Å². The first-order chi connectivity index (χ1) is 8.79. The van der Waals surface area contributed by atoms with E-state index in [0.29, 0.717) is 16.6 Å². The summed E-state index contributed by atoms with van der Waals surface area (Å²) in [7, 11) is 0. The Balaban J connectivity index is 2.40. The fourth-order valence-corrected chi connectivity index (χ4v) is 2.17. The zero-order chi connectivity index (χ0) is 12.5. The second-order valence-corrected chi connectivity index (χ2v) is 4.15. The topological polar surface area (TPSA) is 57.8 Å². The molecular formula is C12H8FN3OS. The number of pyridine rings is 2. The minimum Gasteiger partial charge on any atom is -0.320 e. The fraction of sp³-hybridized carbons (Fsp3) is 0. The van der Waals surface area contributed by atoms with Crippen LogP contribution in [0.25, 0.3) is 21.8 Å². The average molecular weight is 261 g/mol. The summed E-state index contributed by atoms with van der Waals surface area (Å²) in [4.78, 5) is 18.9. The molecule has 0 atom stereocenters. The predicted molar refractivity (Wildman–Crippen MR) is 72.2 cm³/mol. The standard InChI is InChI=1S/C12H8FN3OS/c13-18-16-7-3-4-8-9(6-7)12(17)15-10-2-1-5-14-11(8)10/h1-6,16H,(H,15,17). The lowest BCUT2D eigenvalue weighted by atomic mass is 10.1. The normalized spacial score (nSPS) is 10.9. The highest BCUT2D eigenvalue weighted by Crippen LogP contribution is 2.23. The van der Waals surface area contributed by atoms with Crippen molar-refractivity contribution in [3.63, 3.8) is 0 Å². The third kappa shape index (κ3) is 1.70. The Bertz CT molecular complexity index is 787. The monoisotopic (exact) mass is 261 g/mol. The largest absolute Gasteiger partial charge is 0.320 e. The maximum atomic E-state index is 12.1. The number of rotatable bonds is 2. The molecule has 4 nitrogen and oxygen atoms in total. The summed E-state index contributed by atoms with van der Waals surface area (Å²) in [6.07, 6.45) is 1.67. The smallest absolute Gasteiger partial charge is 0.256 e. The van der Waals surface area contributed by atoms with E-state index >= 15 is 0 Å². The van der Waals surface area contributed by atoms with Crippen LogP contribution in [0.15, 0.2) is 41.3 Å². The van der Waals surface area contributed by atoms with Crippen LogP contribution in [-0.2, 0) is 0 Å². The van der Waals surface area contributed by atoms with E-state index in [0.717, 1.165) is 10.9 Å². The third-order valence-electron chi connectivity index (χ3n) is 2.73. The number of hydrogen-bond donors (Lipinski definition) is 2. The molecule has 90 valence electrons. The Kier molecular flexibility index (Phi) is 2.64. The van der Waals surface area contributed by atoms with Gasteiger partial charge in [-0.05, 0) is 30.3 Å². The summed E-state index contributed by atoms with van der Waals surface area (Å²) in [6.45, 7) is 0. The van der Waals surface area contributed by atoms with Crippen LogP contribution < -0.4 is 10.3 Å². The number of anilines is 1. The maximum Gasteiger partial charge on any atom is 0.256 e. The van der Waals surface area contributed by atoms with Crippen molar-refractivity contribution in [1.82, 2.24) is 9.97 Å². The van der Waals surface area contributed by atoms with Crippen LogP contribution in [0, 0.1) is 0 Å². The Morgan fingerprint density at radius 1 is 1.28 bits per heavy atom. The van der Waals surface area contributed by atoms with Crippen molar-refractivity contribution < 1.29 is 3.89 Å². The van der Waals surface area contributed by atoms with Gasteiger partial charge in [0, 0.05) is 17.3 Å². The van der Waals surface area contributed by atoms with E-state index in [1.165, 1.54) is 0 Å². The molecule has 3 rings (SSSR count). The molecule has 0 aliphatic carbocycles. The molecule has 1 aromatic carbocycles. The molecule has 0 spiro atoms. The Morgan fingerprint density at radius 2 is 2.17 bits per heavy atom. The Morgan fingerprint density at radius 3 is 3.00 bits per heavy atom. The van der Waals surface area contributed by atoms with Gasteiger partial charge in [0.05, 0.1) is 16.4 Å². The first kappa shape index (κ1) is 11.0. The first-order valence-corrected chi connectivity index (χ1v) is 5.95. The van der Waals surface area contributed by atoms with Gasteiger partial charge in [-0.25, -0.2) is 0 Å². The summed E-state index contributed by atoms with van der Waals surface area (Å²) in [5.74, 6) is 0. The van der Waals surface area contributed by atoms with Crippen molar-refractivity contribution in [2.45, 2.75) is 0 Å². The number of halogens is 1. The summed E-state index contributed by atoms with van der Waals surface area (Å²) in [6, 6.07) is 8.64. The predicted octanol–water partition coefficient (Wildman–Crippen LogP) is 3.02. The van der Waals surface area contributed by atoms with Gasteiger partial charge in [-0.2, -0.15) is 0 Å². The lowest BCUT2D eigenvalue weighted by Crippen LogP contribution is -2.07. The molecule has 18 heavy (non-hydrogen) atoms. The zero-order valence-electron chi connectivity index (χ0n) is 9.11. The number of nitrogens with one attached hydrogen (secondary N) is 2. The zero-order valence-corrected chi connectivity index (χ0v) is 9.92. The SMILES string of the molecule is O=c1[nH]c2cccnc2c2ccc(NSF)cc12. The number of benzene rings is 1. The fourth-order valence-electron chi connectivity index (χ4n) is 1.96. The molecule has 2 N–H and O–H groups in total. The van der Waals surface area contributed by atoms with Crippen molar-refractivity contribution in [1.29, 1.82) is 0 Å². The van der Waals surface area contributed by atoms with E-state index in [9.17, 15) is 8.68 Å². The molecule has 0 fully saturated rings. The molecule has 0 aliphatic rings. The van der Waals surface area contributed by atoms with Crippen LogP contribution >= 0.6 is 12.3 Å². The minimum absolute atomic E-state index is 0.00511. The molecule has 0 aliphatic heterocycles. The average Bonchev–Trinajstić information content (AvgIpc) is 2.40. The molecular weight excluding hydrogens is 253 g/mol. The second-order valence-electron chi connectivity index (χ2n) is 3.79. The van der Waals surface area contributed by atoms with Gasteiger partial charge in [0.1, 0.15) is 0 Å². The van der Waals surface area contributed by atoms with Crippen molar-refractivity contribution in [2.75, 3.05) is 4.72 Å². The summed E-state index contributed by atoms with van der Waals surface area (Å²) in [5, 5.41) is 1.24. The van der Waals surface area contributed by atoms with E-state index in [1.54, 1.807) is 36.5 Å². The molecule has 0 amide bonds. The summed E-state index contributed by atoms with van der Waals surface area (Å²) >= 11 is -0.00511. The van der Waals surface area contributed by atoms with Crippen molar-refractivity contribution >= 4 is 39.8 Å². The number of hydrogen-bond acceptors (Lipinski definition) is 4. The first-order valence-electron chi connectivity index (χ1n) is 5.24. The molecule has 0 saturated heterocycles. The molecule has 0 unspecified atom stereocenters. The van der Waals surface area contributed by atoms with Gasteiger partial charge in [-0.15, -0.1) is 3.89 Å². The number of nitrogens with zero attached hydrogens (tertiary/aromatic N) is 1. The van der Waals surface area contributed by atoms with Crippen LogP contribution in [-0.4, -0.2) is 9.97 Å². The highest BCUT2D eigenvalue weighted by Gasteiger charge is 2.06. The van der Waals surface area contributed by atoms with Crippen LogP contribution in [0.2, 0.25) is 0 Å². The van der Waals surface area contributed by atoms with Crippen molar-refractivity contribution in [2.24, 2.45) is 0 Å². The highest BCUT2D eigenvalue weighted by molar-refractivity contribution is 7.95. The van der Waals surface area contributed by atoms with E-state index in [2.05, 4.69) is 14.7 Å². The molecule has 0 saturated carbocycles.